The van der Waals surface area contributed by atoms with Gasteiger partial charge in [0.15, 0.2) is 6.04 Å². The van der Waals surface area contributed by atoms with Gasteiger partial charge in [-0.05, 0) is 54.5 Å². The SMILES string of the molecule is NS(=O)(=O)c1ccc(N(C(=O)Cn2nnc(-c3ccccc3)n2)[C@@H](C(=O)NC2CCCCC2)c2ccco2)cc1. The maximum absolute atomic E-state index is 13.9. The minimum absolute atomic E-state index is 0.0224. The molecule has 12 nitrogen and oxygen atoms in total. The number of hydrogen-bond acceptors (Lipinski definition) is 8. The molecule has 4 aromatic rings. The van der Waals surface area contributed by atoms with Crippen molar-refractivity contribution in [2.75, 3.05) is 4.90 Å². The van der Waals surface area contributed by atoms with Gasteiger partial charge >= 0.3 is 0 Å². The van der Waals surface area contributed by atoms with Gasteiger partial charge in [-0.3, -0.25) is 14.5 Å². The fourth-order valence-corrected chi connectivity index (χ4v) is 5.31. The number of hydrogen-bond donors (Lipinski definition) is 2. The molecule has 0 saturated heterocycles. The van der Waals surface area contributed by atoms with Crippen molar-refractivity contribution in [1.29, 1.82) is 0 Å². The van der Waals surface area contributed by atoms with E-state index >= 15 is 0 Å². The van der Waals surface area contributed by atoms with Crippen molar-refractivity contribution in [1.82, 2.24) is 25.5 Å². The molecule has 1 aliphatic rings. The van der Waals surface area contributed by atoms with Crippen LogP contribution in [-0.2, 0) is 26.2 Å². The number of nitrogens with two attached hydrogens (primary N) is 1. The van der Waals surface area contributed by atoms with E-state index in [0.29, 0.717) is 5.82 Å². The number of nitrogens with one attached hydrogen (secondary N) is 1. The molecule has 2 aromatic heterocycles. The predicted octanol–water partition coefficient (Wildman–Crippen LogP) is 2.80. The summed E-state index contributed by atoms with van der Waals surface area (Å²) in [6.07, 6.45) is 6.25. The van der Waals surface area contributed by atoms with Crippen LogP contribution >= 0.6 is 0 Å². The van der Waals surface area contributed by atoms with E-state index < -0.39 is 27.9 Å². The number of nitrogens with zero attached hydrogens (tertiary/aromatic N) is 5. The number of primary sulfonamides is 1. The van der Waals surface area contributed by atoms with E-state index in [1.807, 2.05) is 30.3 Å². The van der Waals surface area contributed by atoms with Crippen LogP contribution in [0.5, 0.6) is 0 Å². The lowest BCUT2D eigenvalue weighted by atomic mass is 9.95. The van der Waals surface area contributed by atoms with Crippen LogP contribution < -0.4 is 15.4 Å². The van der Waals surface area contributed by atoms with Crippen molar-refractivity contribution in [2.24, 2.45) is 5.14 Å². The Balaban J connectivity index is 1.50. The minimum Gasteiger partial charge on any atom is -0.467 e. The minimum atomic E-state index is -3.97. The Kier molecular flexibility index (Phi) is 8.03. The zero-order chi connectivity index (χ0) is 28.1. The third-order valence-electron chi connectivity index (χ3n) is 6.74. The molecule has 13 heteroatoms. The van der Waals surface area contributed by atoms with Crippen LogP contribution in [0.4, 0.5) is 5.69 Å². The van der Waals surface area contributed by atoms with Crippen molar-refractivity contribution in [3.63, 3.8) is 0 Å². The van der Waals surface area contributed by atoms with E-state index in [1.165, 1.54) is 35.4 Å². The van der Waals surface area contributed by atoms with Crippen LogP contribution in [-0.4, -0.2) is 46.5 Å². The van der Waals surface area contributed by atoms with Crippen LogP contribution in [0, 0.1) is 0 Å². The Morgan fingerprint density at radius 1 is 1.02 bits per heavy atom. The second kappa shape index (κ2) is 11.8. The average molecular weight is 564 g/mol. The lowest BCUT2D eigenvalue weighted by molar-refractivity contribution is -0.128. The van der Waals surface area contributed by atoms with E-state index in [0.717, 1.165) is 42.5 Å². The maximum atomic E-state index is 13.9. The van der Waals surface area contributed by atoms with Crippen LogP contribution in [0.2, 0.25) is 0 Å². The number of tetrazole rings is 1. The fraction of sp³-hybridized carbons (Fsp3) is 0.296. The number of rotatable bonds is 9. The van der Waals surface area contributed by atoms with E-state index in [2.05, 4.69) is 20.7 Å². The van der Waals surface area contributed by atoms with Crippen molar-refractivity contribution in [3.8, 4) is 11.4 Å². The molecular formula is C27H29N7O5S. The first-order chi connectivity index (χ1) is 19.3. The molecule has 0 aliphatic heterocycles. The Bertz CT molecular complexity index is 1550. The molecule has 5 rings (SSSR count). The molecule has 1 aliphatic carbocycles. The summed E-state index contributed by atoms with van der Waals surface area (Å²) >= 11 is 0. The Morgan fingerprint density at radius 2 is 1.75 bits per heavy atom. The van der Waals surface area contributed by atoms with Crippen molar-refractivity contribution >= 4 is 27.5 Å². The predicted molar refractivity (Wildman–Crippen MR) is 145 cm³/mol. The number of carbonyl (C=O) groups excluding carboxylic acids is 2. The van der Waals surface area contributed by atoms with E-state index in [4.69, 9.17) is 9.56 Å². The molecule has 3 N–H and O–H groups in total. The zero-order valence-corrected chi connectivity index (χ0v) is 22.4. The van der Waals surface area contributed by atoms with Gasteiger partial charge in [0.1, 0.15) is 12.3 Å². The van der Waals surface area contributed by atoms with Crippen molar-refractivity contribution < 1.29 is 22.4 Å². The van der Waals surface area contributed by atoms with E-state index in [1.54, 1.807) is 12.1 Å². The molecule has 1 saturated carbocycles. The first-order valence-corrected chi connectivity index (χ1v) is 14.5. The van der Waals surface area contributed by atoms with Crippen LogP contribution in [0.15, 0.2) is 82.3 Å². The summed E-state index contributed by atoms with van der Waals surface area (Å²) in [5.74, 6) is -0.369. The number of furan rings is 1. The van der Waals surface area contributed by atoms with E-state index in [9.17, 15) is 18.0 Å². The molecule has 2 amide bonds. The Morgan fingerprint density at radius 3 is 2.40 bits per heavy atom. The Labute approximate surface area is 231 Å². The first-order valence-electron chi connectivity index (χ1n) is 12.9. The zero-order valence-electron chi connectivity index (χ0n) is 21.6. The highest BCUT2D eigenvalue weighted by atomic mass is 32.2. The molecule has 0 unspecified atom stereocenters. The number of carbonyl (C=O) groups is 2. The highest BCUT2D eigenvalue weighted by Gasteiger charge is 2.36. The molecule has 2 aromatic carbocycles. The highest BCUT2D eigenvalue weighted by molar-refractivity contribution is 7.89. The van der Waals surface area contributed by atoms with Gasteiger partial charge in [0.2, 0.25) is 15.8 Å². The third kappa shape index (κ3) is 6.26. The monoisotopic (exact) mass is 563 g/mol. The standard InChI is InChI=1S/C27H29N7O5S/c28-40(37,38)22-15-13-21(14-16-22)34(24(35)18-33-31-26(30-32-33)19-8-3-1-4-9-19)25(23-12-7-17-39-23)27(36)29-20-10-5-2-6-11-20/h1,3-4,7-9,12-17,20,25H,2,5-6,10-11,18H2,(H,29,36)(H2,28,37,38)/t25-/m1/s1. The summed E-state index contributed by atoms with van der Waals surface area (Å²) in [6.45, 7) is -0.343. The summed E-state index contributed by atoms with van der Waals surface area (Å²) in [5, 5.41) is 20.8. The van der Waals surface area contributed by atoms with Crippen LogP contribution in [0.1, 0.15) is 43.9 Å². The average Bonchev–Trinajstić information content (AvgIpc) is 3.65. The molecule has 0 bridgehead atoms. The van der Waals surface area contributed by atoms with Gasteiger partial charge in [-0.25, -0.2) is 13.6 Å². The number of anilines is 1. The van der Waals surface area contributed by atoms with Gasteiger partial charge < -0.3 is 9.73 Å². The lowest BCUT2D eigenvalue weighted by Gasteiger charge is -2.32. The third-order valence-corrected chi connectivity index (χ3v) is 7.67. The number of aromatic nitrogens is 4. The fourth-order valence-electron chi connectivity index (χ4n) is 4.79. The van der Waals surface area contributed by atoms with Crippen LogP contribution in [0.3, 0.4) is 0 Å². The van der Waals surface area contributed by atoms with Gasteiger partial charge in [0.05, 0.1) is 11.2 Å². The summed E-state index contributed by atoms with van der Waals surface area (Å²) in [5.41, 5.74) is 0.998. The molecule has 0 radical (unpaired) electrons. The van der Waals surface area contributed by atoms with Crippen molar-refractivity contribution in [2.45, 2.75) is 55.6 Å². The molecular weight excluding hydrogens is 534 g/mol. The van der Waals surface area contributed by atoms with Gasteiger partial charge in [-0.1, -0.05) is 49.6 Å². The molecule has 2 heterocycles. The van der Waals surface area contributed by atoms with E-state index in [-0.39, 0.29) is 28.9 Å². The number of sulfonamides is 1. The van der Waals surface area contributed by atoms with Gasteiger partial charge in [0.25, 0.3) is 11.8 Å². The molecule has 40 heavy (non-hydrogen) atoms. The summed E-state index contributed by atoms with van der Waals surface area (Å²) in [4.78, 5) is 29.9. The second-order valence-corrected chi connectivity index (χ2v) is 11.1. The second-order valence-electron chi connectivity index (χ2n) is 9.57. The van der Waals surface area contributed by atoms with Gasteiger partial charge in [0, 0.05) is 17.3 Å². The van der Waals surface area contributed by atoms with Gasteiger partial charge in [-0.2, -0.15) is 4.80 Å². The largest absolute Gasteiger partial charge is 0.467 e. The highest BCUT2D eigenvalue weighted by Crippen LogP contribution is 2.30. The molecule has 208 valence electrons. The molecule has 1 fully saturated rings. The quantitative estimate of drug-likeness (QED) is 0.314. The molecule has 0 spiro atoms. The molecule has 1 atom stereocenters. The Hall–Kier alpha value is -4.36. The first kappa shape index (κ1) is 27.2. The smallest absolute Gasteiger partial charge is 0.251 e. The lowest BCUT2D eigenvalue weighted by Crippen LogP contribution is -2.48. The summed E-state index contributed by atoms with van der Waals surface area (Å²) in [7, 11) is -3.97. The van der Waals surface area contributed by atoms with Crippen molar-refractivity contribution in [3.05, 3.63) is 78.8 Å². The summed E-state index contributed by atoms with van der Waals surface area (Å²) < 4.78 is 29.3. The maximum Gasteiger partial charge on any atom is 0.251 e. The van der Waals surface area contributed by atoms with Gasteiger partial charge in [-0.15, -0.1) is 10.2 Å². The number of amides is 2. The normalized spacial score (nSPS) is 14.9. The number of benzene rings is 2. The van der Waals surface area contributed by atoms with Crippen LogP contribution in [0.25, 0.3) is 11.4 Å². The topological polar surface area (TPSA) is 166 Å². The summed E-state index contributed by atoms with van der Waals surface area (Å²) in [6, 6.07) is 16.7.